The highest BCUT2D eigenvalue weighted by Gasteiger charge is 2.17. The number of ether oxygens (including phenoxy) is 1. The van der Waals surface area contributed by atoms with Crippen molar-refractivity contribution in [1.82, 2.24) is 10.2 Å². The van der Waals surface area contributed by atoms with Gasteiger partial charge in [0.25, 0.3) is 0 Å². The van der Waals surface area contributed by atoms with Gasteiger partial charge in [-0.2, -0.15) is 0 Å². The Balaban J connectivity index is 1.32. The maximum Gasteiger partial charge on any atom is 0.243 e. The van der Waals surface area contributed by atoms with Gasteiger partial charge < -0.3 is 14.5 Å². The van der Waals surface area contributed by atoms with Crippen LogP contribution in [0.25, 0.3) is 6.08 Å². The lowest BCUT2D eigenvalue weighted by Gasteiger charge is -2.28. The summed E-state index contributed by atoms with van der Waals surface area (Å²) in [5.41, 5.74) is 4.36. The smallest absolute Gasteiger partial charge is 0.243 e. The first kappa shape index (κ1) is 21.6. The van der Waals surface area contributed by atoms with Crippen molar-refractivity contribution in [3.63, 3.8) is 0 Å². The van der Waals surface area contributed by atoms with E-state index in [-0.39, 0.29) is 23.7 Å². The molecule has 0 saturated carbocycles. The molecular weight excluding hydrogens is 404 g/mol. The van der Waals surface area contributed by atoms with E-state index in [2.05, 4.69) is 34.5 Å². The second-order valence-electron chi connectivity index (χ2n) is 7.78. The zero-order valence-electron chi connectivity index (χ0n) is 18.0. The van der Waals surface area contributed by atoms with Crippen molar-refractivity contribution >= 4 is 12.0 Å². The number of nitrogens with one attached hydrogen (secondary N) is 1. The number of carbonyl (C=O) groups is 1. The summed E-state index contributed by atoms with van der Waals surface area (Å²) < 4.78 is 11.4. The largest absolute Gasteiger partial charge is 0.482 e. The van der Waals surface area contributed by atoms with E-state index in [9.17, 15) is 9.59 Å². The van der Waals surface area contributed by atoms with Gasteiger partial charge in [0, 0.05) is 32.3 Å². The van der Waals surface area contributed by atoms with Gasteiger partial charge in [0.1, 0.15) is 18.6 Å². The zero-order chi connectivity index (χ0) is 22.3. The third-order valence-corrected chi connectivity index (χ3v) is 5.49. The topological polar surface area (TPSA) is 71.8 Å². The summed E-state index contributed by atoms with van der Waals surface area (Å²) in [5, 5.41) is 2.53. The molecule has 6 heteroatoms. The van der Waals surface area contributed by atoms with Gasteiger partial charge in [-0.3, -0.25) is 14.5 Å². The van der Waals surface area contributed by atoms with Crippen LogP contribution in [-0.2, 0) is 30.9 Å². The summed E-state index contributed by atoms with van der Waals surface area (Å²) in [6.07, 6.45) is 5.61. The molecule has 6 nitrogen and oxygen atoms in total. The van der Waals surface area contributed by atoms with Gasteiger partial charge in [0.05, 0.1) is 6.54 Å². The van der Waals surface area contributed by atoms with Crippen LogP contribution in [-0.4, -0.2) is 24.4 Å². The summed E-state index contributed by atoms with van der Waals surface area (Å²) >= 11 is 0. The van der Waals surface area contributed by atoms with E-state index in [4.69, 9.17) is 9.15 Å². The highest BCUT2D eigenvalue weighted by Crippen LogP contribution is 2.20. The van der Waals surface area contributed by atoms with Crippen LogP contribution < -0.4 is 15.5 Å². The first-order valence-corrected chi connectivity index (χ1v) is 10.6. The third-order valence-electron chi connectivity index (χ3n) is 5.49. The van der Waals surface area contributed by atoms with Gasteiger partial charge in [-0.05, 0) is 34.8 Å². The van der Waals surface area contributed by atoms with Crippen molar-refractivity contribution in [3.05, 3.63) is 105 Å². The quantitative estimate of drug-likeness (QED) is 0.581. The lowest BCUT2D eigenvalue weighted by Crippen LogP contribution is -2.30. The molecule has 0 aliphatic carbocycles. The van der Waals surface area contributed by atoms with Crippen LogP contribution in [0.3, 0.4) is 0 Å². The summed E-state index contributed by atoms with van der Waals surface area (Å²) in [7, 11) is 1.59. The number of hydrogen-bond donors (Lipinski definition) is 1. The molecule has 0 bridgehead atoms. The van der Waals surface area contributed by atoms with E-state index < -0.39 is 0 Å². The molecule has 2 aromatic carbocycles. The fourth-order valence-electron chi connectivity index (χ4n) is 3.68. The Kier molecular flexibility index (Phi) is 6.82. The Hall–Kier alpha value is -3.64. The highest BCUT2D eigenvalue weighted by atomic mass is 16.5. The van der Waals surface area contributed by atoms with Crippen molar-refractivity contribution in [3.8, 4) is 5.75 Å². The minimum atomic E-state index is -0.186. The molecule has 0 saturated heterocycles. The second kappa shape index (κ2) is 10.1. The maximum absolute atomic E-state index is 12.5. The van der Waals surface area contributed by atoms with Gasteiger partial charge in [0.2, 0.25) is 17.1 Å². The summed E-state index contributed by atoms with van der Waals surface area (Å²) in [4.78, 5) is 26.0. The van der Waals surface area contributed by atoms with Crippen LogP contribution >= 0.6 is 0 Å². The molecule has 0 atom stereocenters. The molecule has 4 rings (SSSR count). The Morgan fingerprint density at radius 1 is 1.16 bits per heavy atom. The molecule has 1 aliphatic rings. The molecule has 1 aromatic heterocycles. The number of carbonyl (C=O) groups excluding carboxylic acids is 1. The lowest BCUT2D eigenvalue weighted by atomic mass is 10.00. The Bertz CT molecular complexity index is 1160. The first-order chi connectivity index (χ1) is 15.6. The molecule has 1 aliphatic heterocycles. The van der Waals surface area contributed by atoms with Crippen molar-refractivity contribution in [2.75, 3.05) is 13.6 Å². The standard InChI is InChI=1S/C26H26N2O4/c1-27-26(30)11-10-19-6-8-20(9-7-19)17-32-25-18-31-23(14-24(25)29)16-28-13-12-21-4-2-3-5-22(21)15-28/h2-11,14,18H,12-13,15-17H2,1H3,(H,27,30)/b11-10+. The lowest BCUT2D eigenvalue weighted by molar-refractivity contribution is -0.115. The Morgan fingerprint density at radius 2 is 1.94 bits per heavy atom. The van der Waals surface area contributed by atoms with Crippen molar-refractivity contribution < 1.29 is 13.9 Å². The fraction of sp³-hybridized carbons (Fsp3) is 0.231. The van der Waals surface area contributed by atoms with E-state index >= 15 is 0 Å². The van der Waals surface area contributed by atoms with E-state index in [0.717, 1.165) is 30.6 Å². The maximum atomic E-state index is 12.5. The van der Waals surface area contributed by atoms with E-state index in [1.54, 1.807) is 13.1 Å². The predicted octanol–water partition coefficient (Wildman–Crippen LogP) is 3.54. The van der Waals surface area contributed by atoms with Crippen LogP contribution in [0, 0.1) is 0 Å². The van der Waals surface area contributed by atoms with Gasteiger partial charge in [-0.25, -0.2) is 0 Å². The van der Waals surface area contributed by atoms with E-state index in [0.29, 0.717) is 12.3 Å². The monoisotopic (exact) mass is 430 g/mol. The minimum absolute atomic E-state index is 0.155. The van der Waals surface area contributed by atoms with Crippen LogP contribution in [0.2, 0.25) is 0 Å². The van der Waals surface area contributed by atoms with Gasteiger partial charge >= 0.3 is 0 Å². The third kappa shape index (κ3) is 5.53. The van der Waals surface area contributed by atoms with Crippen molar-refractivity contribution in [2.45, 2.75) is 26.1 Å². The van der Waals surface area contributed by atoms with Crippen molar-refractivity contribution in [2.24, 2.45) is 0 Å². The molecule has 0 radical (unpaired) electrons. The number of fused-ring (bicyclic) bond motifs is 1. The molecule has 164 valence electrons. The van der Waals surface area contributed by atoms with Gasteiger partial charge in [-0.1, -0.05) is 48.5 Å². The molecule has 1 N–H and O–H groups in total. The average Bonchev–Trinajstić information content (AvgIpc) is 2.82. The summed E-state index contributed by atoms with van der Waals surface area (Å²) in [5.74, 6) is 0.674. The summed E-state index contributed by atoms with van der Waals surface area (Å²) in [6.45, 7) is 2.64. The number of hydrogen-bond acceptors (Lipinski definition) is 5. The molecule has 0 spiro atoms. The minimum Gasteiger partial charge on any atom is -0.482 e. The van der Waals surface area contributed by atoms with E-state index in [1.165, 1.54) is 29.5 Å². The highest BCUT2D eigenvalue weighted by molar-refractivity contribution is 5.91. The first-order valence-electron chi connectivity index (χ1n) is 10.6. The van der Waals surface area contributed by atoms with Crippen LogP contribution in [0.15, 0.2) is 76.1 Å². The molecule has 1 amide bonds. The number of benzene rings is 2. The van der Waals surface area contributed by atoms with Crippen molar-refractivity contribution in [1.29, 1.82) is 0 Å². The number of amides is 1. The van der Waals surface area contributed by atoms with E-state index in [1.807, 2.05) is 24.3 Å². The molecule has 0 fully saturated rings. The van der Waals surface area contributed by atoms with Crippen LogP contribution in [0.4, 0.5) is 0 Å². The Morgan fingerprint density at radius 3 is 2.69 bits per heavy atom. The molecular formula is C26H26N2O4. The molecule has 2 heterocycles. The average molecular weight is 431 g/mol. The molecule has 0 unspecified atom stereocenters. The van der Waals surface area contributed by atoms with Crippen LogP contribution in [0.5, 0.6) is 5.75 Å². The summed E-state index contributed by atoms with van der Waals surface area (Å²) in [6, 6.07) is 17.5. The number of nitrogens with zero attached hydrogens (tertiary/aromatic N) is 1. The predicted molar refractivity (Wildman–Crippen MR) is 123 cm³/mol. The van der Waals surface area contributed by atoms with Gasteiger partial charge in [0.15, 0.2) is 0 Å². The fourth-order valence-corrected chi connectivity index (χ4v) is 3.68. The SMILES string of the molecule is CNC(=O)/C=C/c1ccc(COc2coc(CN3CCc4ccccc4C3)cc2=O)cc1. The molecule has 32 heavy (non-hydrogen) atoms. The second-order valence-corrected chi connectivity index (χ2v) is 7.78. The zero-order valence-corrected chi connectivity index (χ0v) is 18.0. The van der Waals surface area contributed by atoms with Gasteiger partial charge in [-0.15, -0.1) is 0 Å². The number of rotatable bonds is 7. The molecule has 3 aromatic rings. The number of likely N-dealkylation sites (N-methyl/N-ethyl adjacent to an activating group) is 1. The normalized spacial score (nSPS) is 13.7. The van der Waals surface area contributed by atoms with Crippen LogP contribution in [0.1, 0.15) is 28.0 Å². The Labute approximate surface area is 187 Å².